The van der Waals surface area contributed by atoms with Crippen LogP contribution in [0, 0.1) is 0 Å². The summed E-state index contributed by atoms with van der Waals surface area (Å²) in [4.78, 5) is 7.82. The maximum Gasteiger partial charge on any atom is 0.146 e. The van der Waals surface area contributed by atoms with Crippen LogP contribution in [0.1, 0.15) is 17.3 Å². The van der Waals surface area contributed by atoms with Crippen LogP contribution in [0.15, 0.2) is 10.7 Å². The molecule has 2 aromatic heterocycles. The predicted molar refractivity (Wildman–Crippen MR) is 54.3 cm³/mol. The van der Waals surface area contributed by atoms with Crippen molar-refractivity contribution in [3.8, 4) is 11.3 Å². The maximum atomic E-state index is 5.50. The van der Waals surface area contributed by atoms with Crippen LogP contribution in [0.2, 0.25) is 0 Å². The number of nitrogens with zero attached hydrogens (tertiary/aromatic N) is 2. The third-order valence-corrected chi connectivity index (χ3v) is 2.71. The molecule has 5 nitrogen and oxygen atoms in total. The van der Waals surface area contributed by atoms with E-state index in [1.165, 1.54) is 5.69 Å². The van der Waals surface area contributed by atoms with Gasteiger partial charge < -0.3 is 15.2 Å². The lowest BCUT2D eigenvalue weighted by atomic mass is 10.0. The minimum atomic E-state index is 0.614. The lowest BCUT2D eigenvalue weighted by Crippen LogP contribution is -2.04. The Morgan fingerprint density at radius 1 is 1.47 bits per heavy atom. The molecule has 0 saturated carbocycles. The fourth-order valence-corrected chi connectivity index (χ4v) is 2.00. The average Bonchev–Trinajstić information content (AvgIpc) is 2.80. The Balaban J connectivity index is 2.08. The second-order valence-corrected chi connectivity index (χ2v) is 3.71. The molecule has 2 aromatic rings. The molecular formula is C10H12N4O. The van der Waals surface area contributed by atoms with Crippen molar-refractivity contribution in [2.24, 2.45) is 5.73 Å². The number of rotatable bonds is 2. The first-order valence-electron chi connectivity index (χ1n) is 5.10. The first-order chi connectivity index (χ1) is 7.38. The van der Waals surface area contributed by atoms with Gasteiger partial charge in [0.15, 0.2) is 0 Å². The summed E-state index contributed by atoms with van der Waals surface area (Å²) in [5, 5.41) is 3.80. The minimum absolute atomic E-state index is 0.614. The molecule has 0 fully saturated rings. The molecule has 0 bridgehead atoms. The highest BCUT2D eigenvalue weighted by atomic mass is 16.5. The number of imidazole rings is 1. The van der Waals surface area contributed by atoms with Gasteiger partial charge in [0, 0.05) is 18.5 Å². The van der Waals surface area contributed by atoms with Crippen molar-refractivity contribution in [2.45, 2.75) is 19.3 Å². The normalized spacial score (nSPS) is 13.7. The summed E-state index contributed by atoms with van der Waals surface area (Å²) in [6.07, 6.45) is 4.36. The second kappa shape index (κ2) is 3.20. The molecule has 78 valence electrons. The van der Waals surface area contributed by atoms with Gasteiger partial charge >= 0.3 is 0 Å². The van der Waals surface area contributed by atoms with E-state index in [0.29, 0.717) is 6.54 Å². The van der Waals surface area contributed by atoms with E-state index in [1.54, 1.807) is 6.20 Å². The van der Waals surface area contributed by atoms with Crippen LogP contribution in [0.25, 0.3) is 11.3 Å². The molecule has 5 heteroatoms. The van der Waals surface area contributed by atoms with Crippen LogP contribution in [-0.4, -0.2) is 21.7 Å². The Morgan fingerprint density at radius 2 is 2.40 bits per heavy atom. The van der Waals surface area contributed by atoms with Gasteiger partial charge in [-0.15, -0.1) is 0 Å². The molecular weight excluding hydrogens is 192 g/mol. The monoisotopic (exact) mass is 204 g/mol. The lowest BCUT2D eigenvalue weighted by Gasteiger charge is -2.06. The van der Waals surface area contributed by atoms with Gasteiger partial charge in [-0.05, 0) is 13.0 Å². The number of aryl methyl sites for hydroxylation is 2. The van der Waals surface area contributed by atoms with Gasteiger partial charge in [0.1, 0.15) is 11.6 Å². The summed E-state index contributed by atoms with van der Waals surface area (Å²) in [6, 6.07) is 0. The summed E-state index contributed by atoms with van der Waals surface area (Å²) in [5.41, 5.74) is 8.69. The fourth-order valence-electron chi connectivity index (χ4n) is 2.00. The first kappa shape index (κ1) is 8.67. The lowest BCUT2D eigenvalue weighted by molar-refractivity contribution is 0.382. The van der Waals surface area contributed by atoms with E-state index in [9.17, 15) is 0 Å². The van der Waals surface area contributed by atoms with Crippen LogP contribution in [-0.2, 0) is 19.3 Å². The predicted octanol–water partition coefficient (Wildman–Crippen LogP) is 0.664. The van der Waals surface area contributed by atoms with Gasteiger partial charge in [-0.25, -0.2) is 4.98 Å². The Kier molecular flexibility index (Phi) is 1.85. The molecule has 0 radical (unpaired) electrons. The van der Waals surface area contributed by atoms with E-state index in [0.717, 1.165) is 42.1 Å². The first-order valence-corrected chi connectivity index (χ1v) is 5.10. The van der Waals surface area contributed by atoms with Crippen molar-refractivity contribution in [1.82, 2.24) is 15.1 Å². The van der Waals surface area contributed by atoms with Crippen LogP contribution >= 0.6 is 0 Å². The van der Waals surface area contributed by atoms with Crippen LogP contribution in [0.4, 0.5) is 0 Å². The number of hydrogen-bond acceptors (Lipinski definition) is 4. The third-order valence-electron chi connectivity index (χ3n) is 2.71. The molecule has 3 rings (SSSR count). The van der Waals surface area contributed by atoms with Gasteiger partial charge in [-0.3, -0.25) is 0 Å². The van der Waals surface area contributed by atoms with Gasteiger partial charge in [0.2, 0.25) is 0 Å². The fraction of sp³-hybridized carbons (Fsp3) is 0.400. The molecule has 15 heavy (non-hydrogen) atoms. The zero-order valence-corrected chi connectivity index (χ0v) is 8.29. The Labute approximate surface area is 86.7 Å². The maximum absolute atomic E-state index is 5.50. The minimum Gasteiger partial charge on any atom is -0.361 e. The zero-order chi connectivity index (χ0) is 10.3. The molecule has 1 aliphatic rings. The molecule has 0 amide bonds. The third kappa shape index (κ3) is 1.27. The van der Waals surface area contributed by atoms with E-state index < -0.39 is 0 Å². The van der Waals surface area contributed by atoms with Gasteiger partial charge in [-0.1, -0.05) is 5.16 Å². The van der Waals surface area contributed by atoms with E-state index in [1.807, 2.05) is 0 Å². The van der Waals surface area contributed by atoms with E-state index >= 15 is 0 Å². The standard InChI is InChI=1S/C10H12N4O/c11-4-3-9-13-7-1-2-8-6(5-12-15-8)10(7)14-9/h5H,1-4,11H2,(H,13,14). The molecule has 2 heterocycles. The zero-order valence-electron chi connectivity index (χ0n) is 8.29. The number of hydrogen-bond donors (Lipinski definition) is 2. The van der Waals surface area contributed by atoms with Gasteiger partial charge in [0.25, 0.3) is 0 Å². The quantitative estimate of drug-likeness (QED) is 0.753. The van der Waals surface area contributed by atoms with Gasteiger partial charge in [0.05, 0.1) is 17.5 Å². The summed E-state index contributed by atoms with van der Waals surface area (Å²) >= 11 is 0. The summed E-state index contributed by atoms with van der Waals surface area (Å²) in [7, 11) is 0. The molecule has 3 N–H and O–H groups in total. The largest absolute Gasteiger partial charge is 0.361 e. The van der Waals surface area contributed by atoms with Crippen molar-refractivity contribution >= 4 is 0 Å². The molecule has 0 atom stereocenters. The second-order valence-electron chi connectivity index (χ2n) is 3.71. The van der Waals surface area contributed by atoms with Crippen molar-refractivity contribution < 1.29 is 4.52 Å². The van der Waals surface area contributed by atoms with E-state index in [2.05, 4.69) is 15.1 Å². The number of nitrogens with two attached hydrogens (primary N) is 1. The summed E-state index contributed by atoms with van der Waals surface area (Å²) < 4.78 is 5.15. The number of aromatic amines is 1. The van der Waals surface area contributed by atoms with Crippen molar-refractivity contribution in [2.75, 3.05) is 6.54 Å². The number of H-pyrrole nitrogens is 1. The van der Waals surface area contributed by atoms with Gasteiger partial charge in [-0.2, -0.15) is 0 Å². The highest BCUT2D eigenvalue weighted by Gasteiger charge is 2.23. The number of aromatic nitrogens is 3. The molecule has 0 aromatic carbocycles. The highest BCUT2D eigenvalue weighted by Crippen LogP contribution is 2.31. The Morgan fingerprint density at radius 3 is 3.27 bits per heavy atom. The van der Waals surface area contributed by atoms with Crippen LogP contribution in [0.5, 0.6) is 0 Å². The average molecular weight is 204 g/mol. The molecule has 0 aliphatic heterocycles. The van der Waals surface area contributed by atoms with Crippen LogP contribution in [0.3, 0.4) is 0 Å². The molecule has 1 aliphatic carbocycles. The smallest absolute Gasteiger partial charge is 0.146 e. The number of fused-ring (bicyclic) bond motifs is 3. The SMILES string of the molecule is NCCc1nc2c([nH]1)CCc1oncc1-2. The van der Waals surface area contributed by atoms with Crippen molar-refractivity contribution in [3.63, 3.8) is 0 Å². The highest BCUT2D eigenvalue weighted by molar-refractivity contribution is 5.65. The Bertz CT molecular complexity index is 485. The van der Waals surface area contributed by atoms with Crippen LogP contribution < -0.4 is 5.73 Å². The van der Waals surface area contributed by atoms with Crippen molar-refractivity contribution in [3.05, 3.63) is 23.5 Å². The Hall–Kier alpha value is -1.62. The topological polar surface area (TPSA) is 80.7 Å². The van der Waals surface area contributed by atoms with E-state index in [4.69, 9.17) is 10.3 Å². The number of nitrogens with one attached hydrogen (secondary N) is 1. The molecule has 0 unspecified atom stereocenters. The summed E-state index contributed by atoms with van der Waals surface area (Å²) in [6.45, 7) is 0.614. The van der Waals surface area contributed by atoms with Crippen molar-refractivity contribution in [1.29, 1.82) is 0 Å². The molecule has 0 spiro atoms. The molecule has 0 saturated heterocycles. The summed E-state index contributed by atoms with van der Waals surface area (Å²) in [5.74, 6) is 1.89. The van der Waals surface area contributed by atoms with E-state index in [-0.39, 0.29) is 0 Å².